The number of carbonyl (C=O) groups is 1. The van der Waals surface area contributed by atoms with E-state index in [2.05, 4.69) is 20.3 Å². The Bertz CT molecular complexity index is 929. The predicted octanol–water partition coefficient (Wildman–Crippen LogP) is 0.719. The molecule has 3 aromatic rings. The van der Waals surface area contributed by atoms with E-state index in [4.69, 9.17) is 4.74 Å². The Labute approximate surface area is 148 Å². The number of hydrogen-bond acceptors (Lipinski definition) is 7. The van der Waals surface area contributed by atoms with Gasteiger partial charge in [-0.25, -0.2) is 15.0 Å². The van der Waals surface area contributed by atoms with Crippen molar-refractivity contribution in [2.45, 2.75) is 24.9 Å². The number of aromatic nitrogens is 4. The number of benzene rings is 1. The van der Waals surface area contributed by atoms with Gasteiger partial charge in [-0.05, 0) is 12.1 Å². The summed E-state index contributed by atoms with van der Waals surface area (Å²) in [7, 11) is 0. The number of aliphatic hydroxyl groups excluding tert-OH is 2. The van der Waals surface area contributed by atoms with Crippen molar-refractivity contribution < 1.29 is 19.7 Å². The van der Waals surface area contributed by atoms with Crippen LogP contribution in [0.4, 0.5) is 5.82 Å². The first kappa shape index (κ1) is 16.6. The van der Waals surface area contributed by atoms with Crippen molar-refractivity contribution in [1.29, 1.82) is 0 Å². The summed E-state index contributed by atoms with van der Waals surface area (Å²) in [6, 6.07) is 8.79. The molecule has 1 aliphatic heterocycles. The molecule has 1 aliphatic rings. The molecule has 0 spiro atoms. The molecule has 134 valence electrons. The van der Waals surface area contributed by atoms with Crippen LogP contribution in [0, 0.1) is 0 Å². The maximum Gasteiger partial charge on any atom is 0.256 e. The van der Waals surface area contributed by atoms with E-state index in [1.165, 1.54) is 12.7 Å². The van der Waals surface area contributed by atoms with Crippen molar-refractivity contribution in [1.82, 2.24) is 19.5 Å². The van der Waals surface area contributed by atoms with Crippen molar-refractivity contribution in [3.8, 4) is 0 Å². The third-order valence-electron chi connectivity index (χ3n) is 4.32. The molecule has 1 saturated heterocycles. The Kier molecular flexibility index (Phi) is 4.33. The van der Waals surface area contributed by atoms with Gasteiger partial charge in [-0.2, -0.15) is 0 Å². The number of nitrogens with one attached hydrogen (secondary N) is 1. The summed E-state index contributed by atoms with van der Waals surface area (Å²) < 4.78 is 7.30. The molecule has 9 heteroatoms. The Morgan fingerprint density at radius 3 is 2.81 bits per heavy atom. The van der Waals surface area contributed by atoms with Gasteiger partial charge >= 0.3 is 0 Å². The van der Waals surface area contributed by atoms with Gasteiger partial charge in [0.15, 0.2) is 17.0 Å². The fourth-order valence-electron chi connectivity index (χ4n) is 2.97. The summed E-state index contributed by atoms with van der Waals surface area (Å²) in [4.78, 5) is 25.0. The second kappa shape index (κ2) is 6.79. The van der Waals surface area contributed by atoms with Crippen LogP contribution in [0.15, 0.2) is 43.0 Å². The fraction of sp³-hybridized carbons (Fsp3) is 0.294. The Morgan fingerprint density at radius 1 is 1.27 bits per heavy atom. The second-order valence-electron chi connectivity index (χ2n) is 5.98. The Morgan fingerprint density at radius 2 is 2.08 bits per heavy atom. The largest absolute Gasteiger partial charge is 0.394 e. The van der Waals surface area contributed by atoms with Crippen LogP contribution in [-0.2, 0) is 4.74 Å². The van der Waals surface area contributed by atoms with Crippen LogP contribution in [0.2, 0.25) is 0 Å². The van der Waals surface area contributed by atoms with Crippen LogP contribution < -0.4 is 5.32 Å². The number of fused-ring (bicyclic) bond motifs is 1. The number of amides is 1. The van der Waals surface area contributed by atoms with Crippen molar-refractivity contribution in [2.24, 2.45) is 0 Å². The van der Waals surface area contributed by atoms with Crippen molar-refractivity contribution in [3.05, 3.63) is 48.5 Å². The molecule has 0 radical (unpaired) electrons. The molecule has 1 amide bonds. The smallest absolute Gasteiger partial charge is 0.256 e. The SMILES string of the molecule is O=C(Nc1ncnc2c1ncn2C1C[C@@H](O)C(CO)O1)c1ccccc1. The van der Waals surface area contributed by atoms with Crippen molar-refractivity contribution >= 4 is 22.9 Å². The van der Waals surface area contributed by atoms with Gasteiger partial charge in [0, 0.05) is 12.0 Å². The lowest BCUT2D eigenvalue weighted by atomic mass is 10.2. The minimum Gasteiger partial charge on any atom is -0.394 e. The maximum atomic E-state index is 12.4. The number of aliphatic hydroxyl groups is 2. The third kappa shape index (κ3) is 2.92. The zero-order valence-corrected chi connectivity index (χ0v) is 13.7. The van der Waals surface area contributed by atoms with Crippen LogP contribution in [0.3, 0.4) is 0 Å². The highest BCUT2D eigenvalue weighted by Gasteiger charge is 2.35. The average molecular weight is 355 g/mol. The molecule has 0 saturated carbocycles. The highest BCUT2D eigenvalue weighted by Crippen LogP contribution is 2.31. The molecule has 3 heterocycles. The van der Waals surface area contributed by atoms with Gasteiger partial charge in [0.1, 0.15) is 18.7 Å². The third-order valence-corrected chi connectivity index (χ3v) is 4.32. The second-order valence-corrected chi connectivity index (χ2v) is 5.98. The Balaban J connectivity index is 1.63. The van der Waals surface area contributed by atoms with E-state index in [0.29, 0.717) is 29.0 Å². The summed E-state index contributed by atoms with van der Waals surface area (Å²) in [5.41, 5.74) is 1.40. The summed E-state index contributed by atoms with van der Waals surface area (Å²) >= 11 is 0. The van der Waals surface area contributed by atoms with Crippen molar-refractivity contribution in [2.75, 3.05) is 11.9 Å². The van der Waals surface area contributed by atoms with Crippen LogP contribution in [-0.4, -0.2) is 54.5 Å². The van der Waals surface area contributed by atoms with Crippen LogP contribution >= 0.6 is 0 Å². The number of imidazole rings is 1. The maximum absolute atomic E-state index is 12.4. The molecule has 9 nitrogen and oxygen atoms in total. The molecular weight excluding hydrogens is 338 g/mol. The van der Waals surface area contributed by atoms with Gasteiger partial charge in [0.05, 0.1) is 19.0 Å². The molecule has 1 aromatic carbocycles. The summed E-state index contributed by atoms with van der Waals surface area (Å²) in [6.45, 7) is -0.266. The molecular formula is C17H17N5O4. The minimum atomic E-state index is -0.762. The lowest BCUT2D eigenvalue weighted by molar-refractivity contribution is -0.0432. The molecule has 3 N–H and O–H groups in total. The number of ether oxygens (including phenoxy) is 1. The topological polar surface area (TPSA) is 122 Å². The van der Waals surface area contributed by atoms with E-state index in [-0.39, 0.29) is 12.5 Å². The van der Waals surface area contributed by atoms with Crippen molar-refractivity contribution in [3.63, 3.8) is 0 Å². The highest BCUT2D eigenvalue weighted by atomic mass is 16.5. The normalized spacial score (nSPS) is 22.6. The van der Waals surface area contributed by atoms with Gasteiger partial charge in [-0.1, -0.05) is 18.2 Å². The van der Waals surface area contributed by atoms with E-state index in [1.807, 2.05) is 6.07 Å². The van der Waals surface area contributed by atoms with E-state index >= 15 is 0 Å². The van der Waals surface area contributed by atoms with Gasteiger partial charge in [-0.15, -0.1) is 0 Å². The van der Waals surface area contributed by atoms with Crippen LogP contribution in [0.5, 0.6) is 0 Å². The lowest BCUT2D eigenvalue weighted by Gasteiger charge is -2.13. The van der Waals surface area contributed by atoms with Gasteiger partial charge in [-0.3, -0.25) is 9.36 Å². The fourth-order valence-corrected chi connectivity index (χ4v) is 2.97. The molecule has 4 rings (SSSR count). The molecule has 3 atom stereocenters. The predicted molar refractivity (Wildman–Crippen MR) is 91.3 cm³/mol. The monoisotopic (exact) mass is 355 g/mol. The quantitative estimate of drug-likeness (QED) is 0.630. The number of nitrogens with zero attached hydrogens (tertiary/aromatic N) is 4. The molecule has 0 aliphatic carbocycles. The molecule has 2 unspecified atom stereocenters. The van der Waals surface area contributed by atoms with E-state index < -0.39 is 18.4 Å². The van der Waals surface area contributed by atoms with Crippen LogP contribution in [0.1, 0.15) is 23.0 Å². The highest BCUT2D eigenvalue weighted by molar-refractivity contribution is 6.06. The minimum absolute atomic E-state index is 0.266. The molecule has 26 heavy (non-hydrogen) atoms. The van der Waals surface area contributed by atoms with Gasteiger partial charge < -0.3 is 20.3 Å². The van der Waals surface area contributed by atoms with Crippen LogP contribution in [0.25, 0.3) is 11.2 Å². The van der Waals surface area contributed by atoms with Gasteiger partial charge in [0.25, 0.3) is 5.91 Å². The lowest BCUT2D eigenvalue weighted by Crippen LogP contribution is -2.24. The van der Waals surface area contributed by atoms with Gasteiger partial charge in [0.2, 0.25) is 0 Å². The Hall–Kier alpha value is -2.88. The zero-order valence-electron chi connectivity index (χ0n) is 13.7. The van der Waals surface area contributed by atoms with E-state index in [1.54, 1.807) is 28.8 Å². The summed E-state index contributed by atoms with van der Waals surface area (Å²) in [5, 5.41) is 21.9. The van der Waals surface area contributed by atoms with E-state index in [9.17, 15) is 15.0 Å². The number of rotatable bonds is 4. The first-order chi connectivity index (χ1) is 12.7. The molecule has 2 aromatic heterocycles. The first-order valence-corrected chi connectivity index (χ1v) is 8.15. The summed E-state index contributed by atoms with van der Waals surface area (Å²) in [6.07, 6.45) is 1.26. The molecule has 0 bridgehead atoms. The standard InChI is InChI=1S/C17H17N5O4/c23-7-12-11(24)6-13(26-12)22-9-20-14-15(18-8-19-16(14)22)21-17(25)10-4-2-1-3-5-10/h1-5,8-9,11-13,23-24H,6-7H2,(H,18,19,21,25)/t11-,12?,13?/m1/s1. The molecule has 1 fully saturated rings. The average Bonchev–Trinajstić information content (AvgIpc) is 3.26. The first-order valence-electron chi connectivity index (χ1n) is 8.15. The summed E-state index contributed by atoms with van der Waals surface area (Å²) in [5.74, 6) is -0.00658. The number of carbonyl (C=O) groups excluding carboxylic acids is 1. The number of hydrogen-bond donors (Lipinski definition) is 3. The zero-order chi connectivity index (χ0) is 18.1. The van der Waals surface area contributed by atoms with E-state index in [0.717, 1.165) is 0 Å². The number of anilines is 1.